The van der Waals surface area contributed by atoms with Gasteiger partial charge in [-0.1, -0.05) is 6.07 Å². The fourth-order valence-electron chi connectivity index (χ4n) is 2.01. The molecule has 0 atom stereocenters. The maximum absolute atomic E-state index is 10.7. The van der Waals surface area contributed by atoms with Gasteiger partial charge in [-0.05, 0) is 11.6 Å². The van der Waals surface area contributed by atoms with Crippen LogP contribution in [0, 0.1) is 0 Å². The number of hydrogen-bond acceptors (Lipinski definition) is 5. The average molecular weight is 264 g/mol. The Labute approximate surface area is 113 Å². The molecule has 2 rings (SSSR count). The highest BCUT2D eigenvalue weighted by atomic mass is 16.5. The molecule has 1 fully saturated rings. The molecule has 0 amide bonds. The number of aromatic nitrogens is 1. The molecular formula is C14H20N2O3. The van der Waals surface area contributed by atoms with Gasteiger partial charge in [-0.15, -0.1) is 0 Å². The fourth-order valence-corrected chi connectivity index (χ4v) is 2.01. The zero-order valence-electron chi connectivity index (χ0n) is 11.3. The van der Waals surface area contributed by atoms with Gasteiger partial charge < -0.3 is 9.47 Å². The molecule has 0 spiro atoms. The maximum atomic E-state index is 10.7. The molecule has 1 aliphatic heterocycles. The van der Waals surface area contributed by atoms with Gasteiger partial charge in [-0.2, -0.15) is 0 Å². The van der Waals surface area contributed by atoms with Crippen LogP contribution in [0.4, 0.5) is 0 Å². The molecule has 1 aromatic rings. The van der Waals surface area contributed by atoms with Crippen molar-refractivity contribution in [3.05, 3.63) is 29.6 Å². The van der Waals surface area contributed by atoms with E-state index >= 15 is 0 Å². The fraction of sp³-hybridized carbons (Fsp3) is 0.571. The van der Waals surface area contributed by atoms with Crippen LogP contribution in [0.5, 0.6) is 0 Å². The van der Waals surface area contributed by atoms with Gasteiger partial charge in [-0.25, -0.2) is 0 Å². The molecule has 0 saturated carbocycles. The van der Waals surface area contributed by atoms with Crippen LogP contribution in [-0.4, -0.2) is 48.8 Å². The minimum atomic E-state index is -0.246. The summed E-state index contributed by atoms with van der Waals surface area (Å²) in [5.74, 6) is -0.246. The smallest absolute Gasteiger partial charge is 0.302 e. The summed E-state index contributed by atoms with van der Waals surface area (Å²) < 4.78 is 10.2. The second kappa shape index (κ2) is 7.21. The van der Waals surface area contributed by atoms with Gasteiger partial charge in [0, 0.05) is 44.9 Å². The van der Waals surface area contributed by atoms with Crippen molar-refractivity contribution in [1.29, 1.82) is 0 Å². The monoisotopic (exact) mass is 264 g/mol. The van der Waals surface area contributed by atoms with E-state index in [1.807, 2.05) is 12.3 Å². The summed E-state index contributed by atoms with van der Waals surface area (Å²) in [6.07, 6.45) is 2.57. The summed E-state index contributed by atoms with van der Waals surface area (Å²) in [6, 6.07) is 4.09. The van der Waals surface area contributed by atoms with Crippen LogP contribution in [-0.2, 0) is 27.2 Å². The molecule has 0 radical (unpaired) electrons. The highest BCUT2D eigenvalue weighted by Crippen LogP contribution is 2.07. The Hall–Kier alpha value is -1.46. The van der Waals surface area contributed by atoms with Crippen LogP contribution in [0.2, 0.25) is 0 Å². The second-order valence-electron chi connectivity index (χ2n) is 4.64. The van der Waals surface area contributed by atoms with Crippen molar-refractivity contribution in [3.63, 3.8) is 0 Å². The van der Waals surface area contributed by atoms with Crippen molar-refractivity contribution in [1.82, 2.24) is 9.88 Å². The highest BCUT2D eigenvalue weighted by molar-refractivity contribution is 5.65. The molecule has 0 N–H and O–H groups in total. The summed E-state index contributed by atoms with van der Waals surface area (Å²) in [5, 5.41) is 0. The van der Waals surface area contributed by atoms with Crippen molar-refractivity contribution in [2.45, 2.75) is 19.9 Å². The number of pyridine rings is 1. The van der Waals surface area contributed by atoms with Gasteiger partial charge in [0.2, 0.25) is 0 Å². The first-order chi connectivity index (χ1) is 9.24. The van der Waals surface area contributed by atoms with Crippen molar-refractivity contribution in [2.24, 2.45) is 0 Å². The van der Waals surface area contributed by atoms with E-state index < -0.39 is 0 Å². The van der Waals surface area contributed by atoms with Gasteiger partial charge in [0.05, 0.1) is 19.8 Å². The Kier molecular flexibility index (Phi) is 5.30. The lowest BCUT2D eigenvalue weighted by Gasteiger charge is -2.26. The summed E-state index contributed by atoms with van der Waals surface area (Å²) >= 11 is 0. The van der Waals surface area contributed by atoms with Gasteiger partial charge >= 0.3 is 5.97 Å². The van der Waals surface area contributed by atoms with E-state index in [1.165, 1.54) is 12.5 Å². The Morgan fingerprint density at radius 1 is 1.42 bits per heavy atom. The number of ether oxygens (including phenoxy) is 2. The topological polar surface area (TPSA) is 51.7 Å². The van der Waals surface area contributed by atoms with Crippen LogP contribution >= 0.6 is 0 Å². The van der Waals surface area contributed by atoms with Crippen molar-refractivity contribution in [3.8, 4) is 0 Å². The SMILES string of the molecule is CC(=O)OCCc1ccc(CN2CCOCC2)cn1. The highest BCUT2D eigenvalue weighted by Gasteiger charge is 2.10. The van der Waals surface area contributed by atoms with Gasteiger partial charge in [0.25, 0.3) is 0 Å². The number of morpholine rings is 1. The zero-order chi connectivity index (χ0) is 13.5. The molecule has 1 saturated heterocycles. The zero-order valence-corrected chi connectivity index (χ0v) is 11.3. The number of nitrogens with zero attached hydrogens (tertiary/aromatic N) is 2. The number of carbonyl (C=O) groups is 1. The molecule has 0 aliphatic carbocycles. The number of rotatable bonds is 5. The van der Waals surface area contributed by atoms with Gasteiger partial charge in [-0.3, -0.25) is 14.7 Å². The molecule has 1 aliphatic rings. The molecular weight excluding hydrogens is 244 g/mol. The maximum Gasteiger partial charge on any atom is 0.302 e. The molecule has 0 aromatic carbocycles. The predicted molar refractivity (Wildman–Crippen MR) is 70.7 cm³/mol. The quantitative estimate of drug-likeness (QED) is 0.743. The molecule has 0 bridgehead atoms. The lowest BCUT2D eigenvalue weighted by molar-refractivity contribution is -0.140. The van der Waals surface area contributed by atoms with Crippen molar-refractivity contribution < 1.29 is 14.3 Å². The average Bonchev–Trinajstić information content (AvgIpc) is 2.42. The van der Waals surface area contributed by atoms with Crippen LogP contribution in [0.3, 0.4) is 0 Å². The Morgan fingerprint density at radius 3 is 2.84 bits per heavy atom. The van der Waals surface area contributed by atoms with E-state index in [0.29, 0.717) is 13.0 Å². The second-order valence-corrected chi connectivity index (χ2v) is 4.64. The minimum Gasteiger partial charge on any atom is -0.465 e. The number of esters is 1. The van der Waals surface area contributed by atoms with Crippen LogP contribution in [0.25, 0.3) is 0 Å². The first kappa shape index (κ1) is 14.0. The van der Waals surface area contributed by atoms with E-state index in [0.717, 1.165) is 38.5 Å². The largest absolute Gasteiger partial charge is 0.465 e. The molecule has 19 heavy (non-hydrogen) atoms. The van der Waals surface area contributed by atoms with E-state index in [4.69, 9.17) is 9.47 Å². The van der Waals surface area contributed by atoms with Gasteiger partial charge in [0.15, 0.2) is 0 Å². The molecule has 5 heteroatoms. The van der Waals surface area contributed by atoms with E-state index in [9.17, 15) is 4.79 Å². The van der Waals surface area contributed by atoms with Crippen molar-refractivity contribution >= 4 is 5.97 Å². The molecule has 0 unspecified atom stereocenters. The lowest BCUT2D eigenvalue weighted by atomic mass is 10.2. The summed E-state index contributed by atoms with van der Waals surface area (Å²) in [7, 11) is 0. The van der Waals surface area contributed by atoms with E-state index in [-0.39, 0.29) is 5.97 Å². The first-order valence-corrected chi connectivity index (χ1v) is 6.61. The summed E-state index contributed by atoms with van der Waals surface area (Å²) in [6.45, 7) is 6.31. The summed E-state index contributed by atoms with van der Waals surface area (Å²) in [4.78, 5) is 17.4. The third kappa shape index (κ3) is 4.96. The lowest BCUT2D eigenvalue weighted by Crippen LogP contribution is -2.35. The third-order valence-electron chi connectivity index (χ3n) is 3.06. The van der Waals surface area contributed by atoms with E-state index in [2.05, 4.69) is 16.0 Å². The first-order valence-electron chi connectivity index (χ1n) is 6.61. The molecule has 5 nitrogen and oxygen atoms in total. The normalized spacial score (nSPS) is 16.3. The number of carbonyl (C=O) groups excluding carboxylic acids is 1. The Bertz CT molecular complexity index is 400. The van der Waals surface area contributed by atoms with Crippen LogP contribution in [0.1, 0.15) is 18.2 Å². The minimum absolute atomic E-state index is 0.246. The van der Waals surface area contributed by atoms with Crippen LogP contribution < -0.4 is 0 Å². The van der Waals surface area contributed by atoms with Gasteiger partial charge in [0.1, 0.15) is 0 Å². The molecule has 1 aromatic heterocycles. The van der Waals surface area contributed by atoms with E-state index in [1.54, 1.807) is 0 Å². The molecule has 2 heterocycles. The Balaban J connectivity index is 1.78. The third-order valence-corrected chi connectivity index (χ3v) is 3.06. The predicted octanol–water partition coefficient (Wildman–Crippen LogP) is 1.02. The van der Waals surface area contributed by atoms with Crippen LogP contribution in [0.15, 0.2) is 18.3 Å². The van der Waals surface area contributed by atoms with Crippen molar-refractivity contribution in [2.75, 3.05) is 32.9 Å². The standard InChI is InChI=1S/C14H20N2O3/c1-12(17)19-7-4-14-3-2-13(10-15-14)11-16-5-8-18-9-6-16/h2-3,10H,4-9,11H2,1H3. The Morgan fingerprint density at radius 2 is 2.21 bits per heavy atom. The number of hydrogen-bond donors (Lipinski definition) is 0. The summed E-state index contributed by atoms with van der Waals surface area (Å²) in [5.41, 5.74) is 2.16. The molecule has 104 valence electrons.